The fraction of sp³-hybridized carbons (Fsp3) is 0.628. The van der Waals surface area contributed by atoms with Crippen LogP contribution in [0.5, 0.6) is 0 Å². The van der Waals surface area contributed by atoms with Crippen molar-refractivity contribution in [2.24, 2.45) is 17.8 Å². The van der Waals surface area contributed by atoms with Gasteiger partial charge in [0, 0.05) is 39.1 Å². The van der Waals surface area contributed by atoms with E-state index < -0.39 is 95.3 Å². The second kappa shape index (κ2) is 18.2. The predicted molar refractivity (Wildman–Crippen MR) is 219 cm³/mol. The molecule has 13 atom stereocenters. The van der Waals surface area contributed by atoms with Gasteiger partial charge in [0.15, 0.2) is 29.1 Å². The van der Waals surface area contributed by atoms with Crippen LogP contribution >= 0.6 is 22.9 Å². The van der Waals surface area contributed by atoms with Crippen molar-refractivity contribution >= 4 is 52.6 Å². The van der Waals surface area contributed by atoms with Gasteiger partial charge in [0.2, 0.25) is 0 Å². The molecule has 0 aliphatic carbocycles. The molecule has 58 heavy (non-hydrogen) atoms. The van der Waals surface area contributed by atoms with Gasteiger partial charge in [-0.25, -0.2) is 9.18 Å². The maximum absolute atomic E-state index is 17.5. The summed E-state index contributed by atoms with van der Waals surface area (Å²) < 4.78 is 48.4. The van der Waals surface area contributed by atoms with Crippen molar-refractivity contribution < 1.29 is 52.4 Å². The summed E-state index contributed by atoms with van der Waals surface area (Å²) in [6.45, 7) is 12.1. The Morgan fingerprint density at radius 2 is 1.71 bits per heavy atom. The molecule has 3 aliphatic rings. The van der Waals surface area contributed by atoms with Crippen LogP contribution in [0.4, 0.5) is 9.18 Å². The van der Waals surface area contributed by atoms with E-state index in [1.807, 2.05) is 68.4 Å². The third-order valence-electron chi connectivity index (χ3n) is 12.0. The number of carbonyl (C=O) groups is 4. The van der Waals surface area contributed by atoms with Crippen LogP contribution < -0.4 is 5.32 Å². The van der Waals surface area contributed by atoms with Crippen LogP contribution in [0.15, 0.2) is 42.5 Å². The number of hydrogen-bond acceptors (Lipinski definition) is 12. The number of nitrogens with zero attached hydrogens (tertiary/aromatic N) is 1. The Kier molecular flexibility index (Phi) is 14.4. The average molecular weight is 849 g/mol. The minimum absolute atomic E-state index is 0.101. The van der Waals surface area contributed by atoms with Crippen LogP contribution in [-0.4, -0.2) is 114 Å². The number of carbonyl (C=O) groups excluding carboxylic acids is 4. The lowest BCUT2D eigenvalue weighted by Gasteiger charge is -2.48. The van der Waals surface area contributed by atoms with E-state index >= 15 is 4.39 Å². The van der Waals surface area contributed by atoms with E-state index in [1.54, 1.807) is 38.2 Å². The number of benzene rings is 1. The van der Waals surface area contributed by atoms with Crippen LogP contribution in [0.3, 0.4) is 0 Å². The number of alkyl carbamates (subject to hydrolysis) is 1. The van der Waals surface area contributed by atoms with Crippen molar-refractivity contribution in [3.63, 3.8) is 0 Å². The van der Waals surface area contributed by atoms with Crippen LogP contribution in [0.1, 0.15) is 79.5 Å². The smallest absolute Gasteiger partial charge is 0.408 e. The Morgan fingerprint density at radius 1 is 1.03 bits per heavy atom. The fourth-order valence-electron chi connectivity index (χ4n) is 8.77. The van der Waals surface area contributed by atoms with E-state index in [0.29, 0.717) is 11.4 Å². The zero-order valence-corrected chi connectivity index (χ0v) is 36.5. The number of aliphatic hydroxyl groups excluding tert-OH is 1. The quantitative estimate of drug-likeness (QED) is 0.198. The third-order valence-corrected chi connectivity index (χ3v) is 13.3. The summed E-state index contributed by atoms with van der Waals surface area (Å²) in [7, 11) is 3.65. The van der Waals surface area contributed by atoms with Gasteiger partial charge in [0.25, 0.3) is 0 Å². The summed E-state index contributed by atoms with van der Waals surface area (Å²) in [5.41, 5.74) is -4.96. The largest absolute Gasteiger partial charge is 0.458 e. The Bertz CT molecular complexity index is 1840. The number of amides is 1. The molecule has 3 aliphatic heterocycles. The molecule has 320 valence electrons. The number of esters is 1. The van der Waals surface area contributed by atoms with Gasteiger partial charge in [-0.2, -0.15) is 0 Å². The third kappa shape index (κ3) is 9.69. The first kappa shape index (κ1) is 45.8. The molecule has 1 aromatic carbocycles. The van der Waals surface area contributed by atoms with Gasteiger partial charge in [-0.15, -0.1) is 11.3 Å². The predicted octanol–water partition coefficient (Wildman–Crippen LogP) is 7.04. The SMILES string of the molecule is CC[C@H]1OC(=O)[C@H](C)C(=O)[C@H](C)[C@@H](O[C@@H]2O[C@H](C)C[C@H](N(C)C)[C@H]2O)[C@](C)(OC/C=C/c2ccc(-c3ccc(Cl)cc3)s2)C[C@](C)(F)C(=O)[C@H](C)[C@@H]2NC(=O)O[C@]12C. The number of rotatable bonds is 9. The molecule has 5 rings (SSSR count). The lowest BCUT2D eigenvalue weighted by atomic mass is 9.72. The molecule has 0 unspecified atom stereocenters. The van der Waals surface area contributed by atoms with E-state index in [0.717, 1.165) is 22.2 Å². The zero-order chi connectivity index (χ0) is 42.9. The van der Waals surface area contributed by atoms with Crippen LogP contribution in [-0.2, 0) is 38.1 Å². The monoisotopic (exact) mass is 848 g/mol. The number of ketones is 2. The normalized spacial score (nSPS) is 38.0. The van der Waals surface area contributed by atoms with Crippen molar-refractivity contribution in [3.05, 3.63) is 52.4 Å². The van der Waals surface area contributed by atoms with Gasteiger partial charge in [-0.3, -0.25) is 14.4 Å². The standard InChI is InChI=1S/C43H58ClFN2O10S/c1-11-32-43(8)35(46-40(52)57-43)26(5)36(50)41(6,45)22-42(7,53-20-12-13-29-18-19-31(58-29)27-14-16-28(44)17-15-27)37(24(3)33(48)25(4)38(51)55-32)56-39-34(49)30(47(9)10)21-23(2)54-39/h12-19,23-26,30,32,34-35,37,39,49H,11,20-22H2,1-10H3,(H,46,52)/b13-12+/t23-,24+,25-,26-,30+,32-,34-,35+,37-,39+,41+,42-,43-/m1/s1. The van der Waals surface area contributed by atoms with Crippen LogP contribution in [0, 0.1) is 17.8 Å². The van der Waals surface area contributed by atoms with E-state index in [9.17, 15) is 24.3 Å². The first-order chi connectivity index (χ1) is 27.1. The van der Waals surface area contributed by atoms with E-state index in [-0.39, 0.29) is 25.2 Å². The fourth-order valence-corrected chi connectivity index (χ4v) is 9.84. The number of nitrogens with one attached hydrogen (secondary N) is 1. The Hall–Kier alpha value is -3.24. The molecule has 12 nitrogen and oxygen atoms in total. The molecule has 3 saturated heterocycles. The van der Waals surface area contributed by atoms with Gasteiger partial charge in [0.05, 0.1) is 30.5 Å². The van der Waals surface area contributed by atoms with Crippen molar-refractivity contribution in [2.45, 2.75) is 134 Å². The Balaban J connectivity index is 1.56. The van der Waals surface area contributed by atoms with Crippen molar-refractivity contribution in [1.82, 2.24) is 10.2 Å². The molecular formula is C43H58ClFN2O10S. The number of Topliss-reactive ketones (excluding diaryl/α,β-unsaturated/α-hetero) is 2. The van der Waals surface area contributed by atoms with E-state index in [4.69, 9.17) is 35.3 Å². The summed E-state index contributed by atoms with van der Waals surface area (Å²) in [6.07, 6.45) is -2.48. The van der Waals surface area contributed by atoms with Gasteiger partial charge < -0.3 is 39.0 Å². The molecule has 1 aromatic heterocycles. The maximum Gasteiger partial charge on any atom is 0.408 e. The summed E-state index contributed by atoms with van der Waals surface area (Å²) in [4.78, 5) is 59.2. The Labute approximate surface area is 349 Å². The summed E-state index contributed by atoms with van der Waals surface area (Å²) in [6, 6.07) is 9.97. The number of hydrogen-bond donors (Lipinski definition) is 2. The van der Waals surface area contributed by atoms with Crippen molar-refractivity contribution in [3.8, 4) is 10.4 Å². The minimum atomic E-state index is -2.63. The number of cyclic esters (lactones) is 1. The number of aliphatic hydroxyl groups is 1. The minimum Gasteiger partial charge on any atom is -0.458 e. The molecular weight excluding hydrogens is 791 g/mol. The summed E-state index contributed by atoms with van der Waals surface area (Å²) in [5, 5.41) is 14.9. The molecule has 2 N–H and O–H groups in total. The lowest BCUT2D eigenvalue weighted by Crippen LogP contribution is -2.62. The van der Waals surface area contributed by atoms with Gasteiger partial charge in [0.1, 0.15) is 18.1 Å². The van der Waals surface area contributed by atoms with E-state index in [2.05, 4.69) is 5.32 Å². The first-order valence-corrected chi connectivity index (χ1v) is 21.1. The zero-order valence-electron chi connectivity index (χ0n) is 35.0. The summed E-state index contributed by atoms with van der Waals surface area (Å²) >= 11 is 7.62. The van der Waals surface area contributed by atoms with Gasteiger partial charge in [-0.1, -0.05) is 50.6 Å². The number of alkyl halides is 1. The van der Waals surface area contributed by atoms with Crippen molar-refractivity contribution in [2.75, 3.05) is 20.7 Å². The molecule has 4 heterocycles. The lowest BCUT2D eigenvalue weighted by molar-refractivity contribution is -0.297. The molecule has 0 spiro atoms. The second-order valence-corrected chi connectivity index (χ2v) is 18.4. The number of thiophene rings is 1. The molecule has 2 aromatic rings. The summed E-state index contributed by atoms with van der Waals surface area (Å²) in [5.74, 6) is -6.03. The molecule has 15 heteroatoms. The number of fused-ring (bicyclic) bond motifs is 1. The maximum atomic E-state index is 17.5. The van der Waals surface area contributed by atoms with Crippen molar-refractivity contribution in [1.29, 1.82) is 0 Å². The van der Waals surface area contributed by atoms with Crippen LogP contribution in [0.25, 0.3) is 16.5 Å². The highest BCUT2D eigenvalue weighted by molar-refractivity contribution is 7.16. The molecule has 0 saturated carbocycles. The average Bonchev–Trinajstić information content (AvgIpc) is 3.77. The number of ether oxygens (including phenoxy) is 5. The number of halogens is 2. The second-order valence-electron chi connectivity index (χ2n) is 16.8. The molecule has 1 amide bonds. The topological polar surface area (TPSA) is 150 Å². The highest BCUT2D eigenvalue weighted by Gasteiger charge is 2.59. The van der Waals surface area contributed by atoms with Gasteiger partial charge >= 0.3 is 12.1 Å². The Morgan fingerprint density at radius 3 is 2.34 bits per heavy atom. The highest BCUT2D eigenvalue weighted by atomic mass is 35.5. The molecule has 3 fully saturated rings. The van der Waals surface area contributed by atoms with E-state index in [1.165, 1.54) is 20.8 Å². The van der Waals surface area contributed by atoms with Crippen LogP contribution in [0.2, 0.25) is 5.02 Å². The van der Waals surface area contributed by atoms with Gasteiger partial charge in [-0.05, 0) is 97.5 Å². The highest BCUT2D eigenvalue weighted by Crippen LogP contribution is 2.43. The molecule has 0 bridgehead atoms. The first-order valence-electron chi connectivity index (χ1n) is 19.9. The molecule has 0 radical (unpaired) electrons. The number of likely N-dealkylation sites (N-methyl/N-ethyl adjacent to an activating group) is 1.